The number of carboxylic acids is 1. The Hall–Kier alpha value is -2.88. The fourth-order valence-electron chi connectivity index (χ4n) is 2.45. The maximum absolute atomic E-state index is 13.7. The number of rotatable bonds is 5. The average Bonchev–Trinajstić information content (AvgIpc) is 2.56. The van der Waals surface area contributed by atoms with Gasteiger partial charge in [-0.1, -0.05) is 48.5 Å². The third-order valence-electron chi connectivity index (χ3n) is 3.64. The summed E-state index contributed by atoms with van der Waals surface area (Å²) in [6.07, 6.45) is -1.18. The Bertz CT molecular complexity index is 845. The van der Waals surface area contributed by atoms with Crippen LogP contribution in [0.5, 0.6) is 5.75 Å². The summed E-state index contributed by atoms with van der Waals surface area (Å²) in [5.41, 5.74) is 0.320. The molecule has 1 atom stereocenters. The lowest BCUT2D eigenvalue weighted by molar-refractivity contribution is -0.145. The maximum Gasteiger partial charge on any atom is 0.345 e. The first-order valence-electron chi connectivity index (χ1n) is 7.25. The molecule has 1 N–H and O–H groups in total. The van der Waals surface area contributed by atoms with E-state index >= 15 is 0 Å². The molecule has 0 spiro atoms. The van der Waals surface area contributed by atoms with Crippen LogP contribution >= 0.6 is 0 Å². The van der Waals surface area contributed by atoms with Gasteiger partial charge in [-0.3, -0.25) is 0 Å². The van der Waals surface area contributed by atoms with Crippen molar-refractivity contribution in [2.24, 2.45) is 0 Å². The number of hydrogen-bond acceptors (Lipinski definition) is 2. The van der Waals surface area contributed by atoms with Crippen LogP contribution in [0.1, 0.15) is 5.56 Å². The molecule has 3 aromatic rings. The van der Waals surface area contributed by atoms with Gasteiger partial charge in [0, 0.05) is 6.42 Å². The molecule has 0 radical (unpaired) electrons. The highest BCUT2D eigenvalue weighted by Gasteiger charge is 2.21. The monoisotopic (exact) mass is 310 g/mol. The van der Waals surface area contributed by atoms with E-state index in [1.165, 1.54) is 6.07 Å². The Morgan fingerprint density at radius 2 is 1.70 bits per heavy atom. The summed E-state index contributed by atoms with van der Waals surface area (Å²) in [6, 6.07) is 19.2. The molecule has 0 aliphatic rings. The Labute approximate surface area is 132 Å². The molecule has 4 heteroatoms. The molecule has 0 aliphatic heterocycles. The van der Waals surface area contributed by atoms with Crippen molar-refractivity contribution in [2.75, 3.05) is 0 Å². The van der Waals surface area contributed by atoms with E-state index in [0.29, 0.717) is 11.3 Å². The van der Waals surface area contributed by atoms with Crippen LogP contribution in [0.15, 0.2) is 66.7 Å². The lowest BCUT2D eigenvalue weighted by atomic mass is 10.1. The maximum atomic E-state index is 13.7. The number of benzene rings is 3. The molecule has 3 rings (SSSR count). The Balaban J connectivity index is 1.84. The lowest BCUT2D eigenvalue weighted by Crippen LogP contribution is -2.29. The van der Waals surface area contributed by atoms with E-state index < -0.39 is 17.9 Å². The predicted octanol–water partition coefficient (Wildman–Crippen LogP) is 4.05. The zero-order valence-corrected chi connectivity index (χ0v) is 12.3. The van der Waals surface area contributed by atoms with Gasteiger partial charge < -0.3 is 9.84 Å². The van der Waals surface area contributed by atoms with Gasteiger partial charge in [-0.25, -0.2) is 9.18 Å². The third kappa shape index (κ3) is 3.48. The second kappa shape index (κ2) is 6.48. The second-order valence-electron chi connectivity index (χ2n) is 5.25. The van der Waals surface area contributed by atoms with Crippen molar-refractivity contribution in [1.82, 2.24) is 0 Å². The fourth-order valence-corrected chi connectivity index (χ4v) is 2.45. The standard InChI is InChI=1S/C19H15FO3/c20-17-8-4-3-7-15(17)12-18(19(21)22)23-16-10-9-13-5-1-2-6-14(13)11-16/h1-11,18H,12H2,(H,21,22)/t18-/m0/s1. The lowest BCUT2D eigenvalue weighted by Gasteiger charge is -2.16. The van der Waals surface area contributed by atoms with E-state index in [9.17, 15) is 14.3 Å². The summed E-state index contributed by atoms with van der Waals surface area (Å²) in [5, 5.41) is 11.4. The van der Waals surface area contributed by atoms with Gasteiger partial charge in [0.15, 0.2) is 6.10 Å². The molecular formula is C19H15FO3. The third-order valence-corrected chi connectivity index (χ3v) is 3.64. The molecule has 0 saturated carbocycles. The summed E-state index contributed by atoms with van der Waals surface area (Å²) < 4.78 is 19.3. The van der Waals surface area contributed by atoms with Gasteiger partial charge in [0.25, 0.3) is 0 Å². The van der Waals surface area contributed by atoms with Crippen LogP contribution in [0, 0.1) is 5.82 Å². The largest absolute Gasteiger partial charge is 0.478 e. The zero-order chi connectivity index (χ0) is 16.2. The summed E-state index contributed by atoms with van der Waals surface area (Å²) >= 11 is 0. The molecule has 0 aliphatic carbocycles. The number of carboxylic acid groups (broad SMARTS) is 1. The van der Waals surface area contributed by atoms with Crippen LogP contribution in [0.4, 0.5) is 4.39 Å². The normalized spacial score (nSPS) is 12.0. The highest BCUT2D eigenvalue weighted by molar-refractivity contribution is 5.84. The van der Waals surface area contributed by atoms with Crippen LogP contribution in [0.2, 0.25) is 0 Å². The summed E-state index contributed by atoms with van der Waals surface area (Å²) in [6.45, 7) is 0. The van der Waals surface area contributed by atoms with Gasteiger partial charge >= 0.3 is 5.97 Å². The first kappa shape index (κ1) is 15.0. The van der Waals surface area contributed by atoms with Crippen LogP contribution in [0.3, 0.4) is 0 Å². The van der Waals surface area contributed by atoms with Gasteiger partial charge in [-0.05, 0) is 34.5 Å². The van der Waals surface area contributed by atoms with E-state index in [1.807, 2.05) is 30.3 Å². The molecule has 3 aromatic carbocycles. The van der Waals surface area contributed by atoms with Crippen molar-refractivity contribution < 1.29 is 19.0 Å². The summed E-state index contributed by atoms with van der Waals surface area (Å²) in [7, 11) is 0. The van der Waals surface area contributed by atoms with Crippen molar-refractivity contribution in [3.63, 3.8) is 0 Å². The number of hydrogen-bond donors (Lipinski definition) is 1. The van der Waals surface area contributed by atoms with Gasteiger partial charge in [0.05, 0.1) is 0 Å². The first-order chi connectivity index (χ1) is 11.1. The molecule has 0 amide bonds. The van der Waals surface area contributed by atoms with E-state index in [2.05, 4.69) is 0 Å². The number of ether oxygens (including phenoxy) is 1. The van der Waals surface area contributed by atoms with E-state index in [4.69, 9.17) is 4.74 Å². The molecule has 0 fully saturated rings. The SMILES string of the molecule is O=C(O)[C@H](Cc1ccccc1F)Oc1ccc2ccccc2c1. The average molecular weight is 310 g/mol. The van der Waals surface area contributed by atoms with Gasteiger partial charge in [0.2, 0.25) is 0 Å². The van der Waals surface area contributed by atoms with Gasteiger partial charge in [0.1, 0.15) is 11.6 Å². The molecule has 0 unspecified atom stereocenters. The predicted molar refractivity (Wildman–Crippen MR) is 86.1 cm³/mol. The van der Waals surface area contributed by atoms with Crippen molar-refractivity contribution in [2.45, 2.75) is 12.5 Å². The van der Waals surface area contributed by atoms with Crippen molar-refractivity contribution in [1.29, 1.82) is 0 Å². The molecule has 0 bridgehead atoms. The molecule has 0 saturated heterocycles. The van der Waals surface area contributed by atoms with E-state index in [1.54, 1.807) is 30.3 Å². The molecule has 0 heterocycles. The minimum Gasteiger partial charge on any atom is -0.478 e. The van der Waals surface area contributed by atoms with E-state index in [-0.39, 0.29) is 6.42 Å². The quantitative estimate of drug-likeness (QED) is 0.773. The molecular weight excluding hydrogens is 295 g/mol. The number of halogens is 1. The smallest absolute Gasteiger partial charge is 0.345 e. The summed E-state index contributed by atoms with van der Waals surface area (Å²) in [5.74, 6) is -1.10. The molecule has 23 heavy (non-hydrogen) atoms. The first-order valence-corrected chi connectivity index (χ1v) is 7.25. The van der Waals surface area contributed by atoms with Gasteiger partial charge in [-0.15, -0.1) is 0 Å². The Morgan fingerprint density at radius 1 is 1.00 bits per heavy atom. The van der Waals surface area contributed by atoms with Crippen molar-refractivity contribution >= 4 is 16.7 Å². The summed E-state index contributed by atoms with van der Waals surface area (Å²) in [4.78, 5) is 11.4. The van der Waals surface area contributed by atoms with Crippen molar-refractivity contribution in [3.8, 4) is 5.75 Å². The minimum absolute atomic E-state index is 0.0329. The number of aliphatic carboxylic acids is 1. The zero-order valence-electron chi connectivity index (χ0n) is 12.3. The van der Waals surface area contributed by atoms with Crippen LogP contribution in [0.25, 0.3) is 10.8 Å². The van der Waals surface area contributed by atoms with Crippen molar-refractivity contribution in [3.05, 3.63) is 78.1 Å². The van der Waals surface area contributed by atoms with Gasteiger partial charge in [-0.2, -0.15) is 0 Å². The highest BCUT2D eigenvalue weighted by Crippen LogP contribution is 2.22. The fraction of sp³-hybridized carbons (Fsp3) is 0.105. The molecule has 0 aromatic heterocycles. The minimum atomic E-state index is -1.15. The van der Waals surface area contributed by atoms with Crippen LogP contribution in [-0.4, -0.2) is 17.2 Å². The Kier molecular flexibility index (Phi) is 4.24. The number of fused-ring (bicyclic) bond motifs is 1. The topological polar surface area (TPSA) is 46.5 Å². The second-order valence-corrected chi connectivity index (χ2v) is 5.25. The van der Waals surface area contributed by atoms with Crippen LogP contribution < -0.4 is 4.74 Å². The Morgan fingerprint density at radius 3 is 2.43 bits per heavy atom. The number of carbonyl (C=O) groups is 1. The molecule has 3 nitrogen and oxygen atoms in total. The van der Waals surface area contributed by atoms with E-state index in [0.717, 1.165) is 10.8 Å². The van der Waals surface area contributed by atoms with Crippen LogP contribution in [-0.2, 0) is 11.2 Å². The highest BCUT2D eigenvalue weighted by atomic mass is 19.1. The molecule has 116 valence electrons.